The smallest absolute Gasteiger partial charge is 0.412 e. The van der Waals surface area contributed by atoms with Gasteiger partial charge < -0.3 is 25.1 Å². The molecule has 1 atom stereocenters. The molecule has 0 bridgehead atoms. The summed E-state index contributed by atoms with van der Waals surface area (Å²) in [6.45, 7) is 5.85. The number of rotatable bonds is 8. The number of halogens is 2. The summed E-state index contributed by atoms with van der Waals surface area (Å²) in [6.07, 6.45) is 2.42. The Bertz CT molecular complexity index is 917. The third kappa shape index (κ3) is 7.27. The first kappa shape index (κ1) is 26.7. The van der Waals surface area contributed by atoms with E-state index in [-0.39, 0.29) is 17.4 Å². The molecule has 0 aliphatic carbocycles. The van der Waals surface area contributed by atoms with E-state index in [0.717, 1.165) is 30.7 Å². The van der Waals surface area contributed by atoms with Crippen molar-refractivity contribution in [3.63, 3.8) is 0 Å². The SMILES string of the molecule is CNCCNC(=O)c1cc(F)c(N2CCC(=NOC3CCCCN3C(=O)OC(C)C)CC2)cc1F. The van der Waals surface area contributed by atoms with Crippen LogP contribution in [0.15, 0.2) is 17.3 Å². The highest BCUT2D eigenvalue weighted by Crippen LogP contribution is 2.26. The van der Waals surface area contributed by atoms with Gasteiger partial charge in [-0.25, -0.2) is 13.6 Å². The maximum absolute atomic E-state index is 14.8. The summed E-state index contributed by atoms with van der Waals surface area (Å²) in [5, 5.41) is 9.69. The molecule has 2 N–H and O–H groups in total. The number of amides is 2. The van der Waals surface area contributed by atoms with Crippen LogP contribution in [0.3, 0.4) is 0 Å². The third-order valence-electron chi connectivity index (χ3n) is 5.95. The summed E-state index contributed by atoms with van der Waals surface area (Å²) < 4.78 is 34.6. The summed E-state index contributed by atoms with van der Waals surface area (Å²) in [5.74, 6) is -2.07. The molecule has 2 saturated heterocycles. The van der Waals surface area contributed by atoms with E-state index in [1.165, 1.54) is 0 Å². The van der Waals surface area contributed by atoms with Gasteiger partial charge in [0.15, 0.2) is 0 Å². The van der Waals surface area contributed by atoms with E-state index in [9.17, 15) is 18.4 Å². The molecule has 2 aliphatic rings. The van der Waals surface area contributed by atoms with E-state index >= 15 is 0 Å². The molecule has 2 heterocycles. The number of piperidine rings is 2. The fourth-order valence-corrected chi connectivity index (χ4v) is 4.07. The molecule has 3 rings (SSSR count). The number of carbonyl (C=O) groups is 2. The monoisotopic (exact) mass is 495 g/mol. The van der Waals surface area contributed by atoms with Gasteiger partial charge in [-0.15, -0.1) is 0 Å². The van der Waals surface area contributed by atoms with Crippen molar-refractivity contribution < 1.29 is 27.9 Å². The number of hydrogen-bond donors (Lipinski definition) is 2. The zero-order valence-electron chi connectivity index (χ0n) is 20.6. The second-order valence-electron chi connectivity index (χ2n) is 8.97. The van der Waals surface area contributed by atoms with E-state index in [2.05, 4.69) is 15.8 Å². The van der Waals surface area contributed by atoms with Gasteiger partial charge in [0.05, 0.1) is 23.1 Å². The highest BCUT2D eigenvalue weighted by molar-refractivity contribution is 5.95. The number of nitrogens with zero attached hydrogens (tertiary/aromatic N) is 3. The molecule has 2 fully saturated rings. The molecule has 0 aromatic heterocycles. The zero-order chi connectivity index (χ0) is 25.4. The van der Waals surface area contributed by atoms with Crippen molar-refractivity contribution in [2.45, 2.75) is 58.3 Å². The molecule has 0 spiro atoms. The second-order valence-corrected chi connectivity index (χ2v) is 8.97. The summed E-state index contributed by atoms with van der Waals surface area (Å²) in [5.41, 5.74) is 0.595. The minimum absolute atomic E-state index is 0.115. The number of hydrogen-bond acceptors (Lipinski definition) is 7. The van der Waals surface area contributed by atoms with E-state index < -0.39 is 29.9 Å². The second kappa shape index (κ2) is 12.7. The largest absolute Gasteiger partial charge is 0.447 e. The van der Waals surface area contributed by atoms with Crippen molar-refractivity contribution in [2.75, 3.05) is 44.7 Å². The summed E-state index contributed by atoms with van der Waals surface area (Å²) in [6, 6.07) is 2.02. The molecular weight excluding hydrogens is 460 g/mol. The average molecular weight is 496 g/mol. The lowest BCUT2D eigenvalue weighted by Crippen LogP contribution is -2.45. The number of likely N-dealkylation sites (tertiary alicyclic amines) is 1. The topological polar surface area (TPSA) is 95.5 Å². The first-order valence-electron chi connectivity index (χ1n) is 12.2. The predicted molar refractivity (Wildman–Crippen MR) is 129 cm³/mol. The van der Waals surface area contributed by atoms with Gasteiger partial charge >= 0.3 is 6.09 Å². The van der Waals surface area contributed by atoms with Crippen LogP contribution in [0.2, 0.25) is 0 Å². The summed E-state index contributed by atoms with van der Waals surface area (Å²) in [7, 11) is 1.73. The Morgan fingerprint density at radius 3 is 2.54 bits per heavy atom. The fourth-order valence-electron chi connectivity index (χ4n) is 4.07. The van der Waals surface area contributed by atoms with E-state index in [4.69, 9.17) is 9.57 Å². The number of nitrogens with one attached hydrogen (secondary N) is 2. The Hall–Kier alpha value is -2.95. The zero-order valence-corrected chi connectivity index (χ0v) is 20.6. The van der Waals surface area contributed by atoms with Crippen molar-refractivity contribution in [3.8, 4) is 0 Å². The molecule has 2 amide bonds. The van der Waals surface area contributed by atoms with E-state index in [0.29, 0.717) is 52.0 Å². The van der Waals surface area contributed by atoms with Crippen LogP contribution >= 0.6 is 0 Å². The minimum Gasteiger partial charge on any atom is -0.447 e. The van der Waals surface area contributed by atoms with E-state index in [1.807, 2.05) is 0 Å². The summed E-state index contributed by atoms with van der Waals surface area (Å²) >= 11 is 0. The molecule has 9 nitrogen and oxygen atoms in total. The molecule has 0 radical (unpaired) electrons. The molecule has 1 unspecified atom stereocenters. The number of likely N-dealkylation sites (N-methyl/N-ethyl adjacent to an activating group) is 1. The number of anilines is 1. The van der Waals surface area contributed by atoms with Gasteiger partial charge in [0.1, 0.15) is 11.6 Å². The Balaban J connectivity index is 1.57. The lowest BCUT2D eigenvalue weighted by atomic mass is 10.1. The molecule has 11 heteroatoms. The van der Waals surface area contributed by atoms with Gasteiger partial charge in [-0.1, -0.05) is 5.16 Å². The number of carbonyl (C=O) groups excluding carboxylic acids is 2. The Morgan fingerprint density at radius 1 is 1.11 bits per heavy atom. The maximum Gasteiger partial charge on any atom is 0.412 e. The van der Waals surface area contributed by atoms with Crippen LogP contribution < -0.4 is 15.5 Å². The molecule has 1 aromatic rings. The molecule has 35 heavy (non-hydrogen) atoms. The predicted octanol–water partition coefficient (Wildman–Crippen LogP) is 3.24. The average Bonchev–Trinajstić information content (AvgIpc) is 2.84. The Labute approximate surface area is 204 Å². The lowest BCUT2D eigenvalue weighted by Gasteiger charge is -2.34. The molecule has 1 aromatic carbocycles. The van der Waals surface area contributed by atoms with E-state index in [1.54, 1.807) is 30.7 Å². The number of benzene rings is 1. The Morgan fingerprint density at radius 2 is 1.86 bits per heavy atom. The van der Waals surface area contributed by atoms with Crippen molar-refractivity contribution in [1.82, 2.24) is 15.5 Å². The number of oxime groups is 1. The summed E-state index contributed by atoms with van der Waals surface area (Å²) in [4.78, 5) is 33.5. The number of ether oxygens (including phenoxy) is 1. The highest BCUT2D eigenvalue weighted by Gasteiger charge is 2.30. The standard InChI is InChI=1S/C24H35F2N5O4/c1-16(2)34-24(33)31-11-5-4-6-22(31)35-29-17-7-12-30(13-8-17)21-15-19(25)18(14-20(21)26)23(32)28-10-9-27-3/h14-16,22,27H,4-13H2,1-3H3,(H,28,32). The van der Waals surface area contributed by atoms with Crippen molar-refractivity contribution in [3.05, 3.63) is 29.3 Å². The minimum atomic E-state index is -0.767. The van der Waals surface area contributed by atoms with Crippen LogP contribution in [-0.2, 0) is 9.57 Å². The lowest BCUT2D eigenvalue weighted by molar-refractivity contribution is -0.0741. The Kier molecular flexibility index (Phi) is 9.64. The van der Waals surface area contributed by atoms with Crippen LogP contribution in [0.4, 0.5) is 19.3 Å². The molecule has 2 aliphatic heterocycles. The third-order valence-corrected chi connectivity index (χ3v) is 5.95. The molecule has 0 saturated carbocycles. The van der Waals surface area contributed by atoms with Crippen LogP contribution in [0.1, 0.15) is 56.3 Å². The van der Waals surface area contributed by atoms with Gasteiger partial charge in [0.2, 0.25) is 6.23 Å². The van der Waals surface area contributed by atoms with Crippen LogP contribution in [0.5, 0.6) is 0 Å². The van der Waals surface area contributed by atoms with Gasteiger partial charge in [0, 0.05) is 58.1 Å². The van der Waals surface area contributed by atoms with Gasteiger partial charge in [-0.2, -0.15) is 0 Å². The first-order valence-corrected chi connectivity index (χ1v) is 12.2. The maximum atomic E-state index is 14.8. The quantitative estimate of drug-likeness (QED) is 0.425. The van der Waals surface area contributed by atoms with Gasteiger partial charge in [-0.3, -0.25) is 9.69 Å². The van der Waals surface area contributed by atoms with Crippen molar-refractivity contribution >= 4 is 23.4 Å². The normalized spacial score (nSPS) is 18.5. The van der Waals surface area contributed by atoms with Gasteiger partial charge in [0.25, 0.3) is 5.91 Å². The van der Waals surface area contributed by atoms with Crippen LogP contribution in [-0.4, -0.2) is 74.7 Å². The highest BCUT2D eigenvalue weighted by atomic mass is 19.1. The molecule has 194 valence electrons. The van der Waals surface area contributed by atoms with Crippen LogP contribution in [0.25, 0.3) is 0 Å². The van der Waals surface area contributed by atoms with Gasteiger partial charge in [-0.05, 0) is 39.8 Å². The fraction of sp³-hybridized carbons (Fsp3) is 0.625. The van der Waals surface area contributed by atoms with Crippen molar-refractivity contribution in [2.24, 2.45) is 5.16 Å². The molecular formula is C24H35F2N5O4. The first-order chi connectivity index (χ1) is 16.8. The van der Waals surface area contributed by atoms with Crippen molar-refractivity contribution in [1.29, 1.82) is 0 Å². The van der Waals surface area contributed by atoms with Crippen LogP contribution in [0, 0.1) is 11.6 Å².